The number of carbonyl (C=O) groups excluding carboxylic acids is 3. The molecule has 132 valence electrons. The minimum absolute atomic E-state index is 0.0417. The molecule has 2 aromatic rings. The molecular formula is C16H14F2N2O5. The fourth-order valence-corrected chi connectivity index (χ4v) is 1.81. The number of amides is 2. The molecule has 0 radical (unpaired) electrons. The Morgan fingerprint density at radius 1 is 1.12 bits per heavy atom. The first-order valence-corrected chi connectivity index (χ1v) is 7.09. The molecule has 2 amide bonds. The summed E-state index contributed by atoms with van der Waals surface area (Å²) in [5, 5.41) is 4.50. The second-order valence-electron chi connectivity index (χ2n) is 4.92. The van der Waals surface area contributed by atoms with Gasteiger partial charge in [-0.3, -0.25) is 9.59 Å². The average molecular weight is 352 g/mol. The number of carbonyl (C=O) groups is 3. The smallest absolute Gasteiger partial charge is 0.342 e. The summed E-state index contributed by atoms with van der Waals surface area (Å²) >= 11 is 0. The number of benzene rings is 1. The van der Waals surface area contributed by atoms with Gasteiger partial charge in [0.15, 0.2) is 18.2 Å². The number of halogens is 2. The van der Waals surface area contributed by atoms with Crippen LogP contribution in [-0.2, 0) is 14.3 Å². The SMILES string of the molecule is Cc1occc1C(=O)OCC(=O)NCC(=O)Nc1ccc(F)c(F)c1. The van der Waals surface area contributed by atoms with Crippen LogP contribution in [0.4, 0.5) is 14.5 Å². The molecule has 0 fully saturated rings. The van der Waals surface area contributed by atoms with Gasteiger partial charge in [0, 0.05) is 11.8 Å². The molecule has 0 unspecified atom stereocenters. The lowest BCUT2D eigenvalue weighted by molar-refractivity contribution is -0.126. The van der Waals surface area contributed by atoms with Crippen LogP contribution < -0.4 is 10.6 Å². The van der Waals surface area contributed by atoms with Crippen molar-refractivity contribution in [2.75, 3.05) is 18.5 Å². The van der Waals surface area contributed by atoms with Gasteiger partial charge in [-0.25, -0.2) is 13.6 Å². The Morgan fingerprint density at radius 3 is 2.52 bits per heavy atom. The molecule has 0 saturated carbocycles. The predicted octanol–water partition coefficient (Wildman–Crippen LogP) is 1.78. The summed E-state index contributed by atoms with van der Waals surface area (Å²) in [4.78, 5) is 34.8. The summed E-state index contributed by atoms with van der Waals surface area (Å²) in [7, 11) is 0. The van der Waals surface area contributed by atoms with E-state index in [9.17, 15) is 23.2 Å². The maximum atomic E-state index is 13.0. The van der Waals surface area contributed by atoms with Crippen LogP contribution in [0.5, 0.6) is 0 Å². The molecule has 0 aliphatic rings. The Hall–Kier alpha value is -3.23. The monoisotopic (exact) mass is 352 g/mol. The van der Waals surface area contributed by atoms with Crippen LogP contribution in [0.1, 0.15) is 16.1 Å². The van der Waals surface area contributed by atoms with Crippen LogP contribution in [0.25, 0.3) is 0 Å². The second-order valence-corrected chi connectivity index (χ2v) is 4.92. The summed E-state index contributed by atoms with van der Waals surface area (Å²) in [5.74, 6) is -3.88. The molecule has 9 heteroatoms. The quantitative estimate of drug-likeness (QED) is 0.773. The third-order valence-corrected chi connectivity index (χ3v) is 3.06. The van der Waals surface area contributed by atoms with Gasteiger partial charge in [-0.05, 0) is 25.1 Å². The van der Waals surface area contributed by atoms with Crippen LogP contribution in [-0.4, -0.2) is 30.9 Å². The average Bonchev–Trinajstić information content (AvgIpc) is 3.00. The first-order chi connectivity index (χ1) is 11.9. The molecule has 2 rings (SSSR count). The third kappa shape index (κ3) is 5.13. The van der Waals surface area contributed by atoms with E-state index in [1.54, 1.807) is 6.92 Å². The van der Waals surface area contributed by atoms with Gasteiger partial charge in [-0.15, -0.1) is 0 Å². The topological polar surface area (TPSA) is 97.6 Å². The molecule has 1 aromatic heterocycles. The van der Waals surface area contributed by atoms with Gasteiger partial charge in [0.25, 0.3) is 5.91 Å². The third-order valence-electron chi connectivity index (χ3n) is 3.06. The van der Waals surface area contributed by atoms with E-state index >= 15 is 0 Å². The van der Waals surface area contributed by atoms with Crippen molar-refractivity contribution in [2.45, 2.75) is 6.92 Å². The number of nitrogens with one attached hydrogen (secondary N) is 2. The van der Waals surface area contributed by atoms with E-state index in [2.05, 4.69) is 10.6 Å². The van der Waals surface area contributed by atoms with Crippen molar-refractivity contribution in [2.24, 2.45) is 0 Å². The standard InChI is InChI=1S/C16H14F2N2O5/c1-9-11(4-5-24-9)16(23)25-8-15(22)19-7-14(21)20-10-2-3-12(17)13(18)6-10/h2-6H,7-8H2,1H3,(H,19,22)(H,20,21). The van der Waals surface area contributed by atoms with Crippen LogP contribution in [0, 0.1) is 18.6 Å². The Kier molecular flexibility index (Phi) is 5.83. The summed E-state index contributed by atoms with van der Waals surface area (Å²) in [6.45, 7) is 0.557. The minimum atomic E-state index is -1.11. The maximum absolute atomic E-state index is 13.0. The molecule has 0 aliphatic heterocycles. The van der Waals surface area contributed by atoms with Gasteiger partial charge in [-0.2, -0.15) is 0 Å². The van der Waals surface area contributed by atoms with Gasteiger partial charge in [-0.1, -0.05) is 0 Å². The van der Waals surface area contributed by atoms with Crippen molar-refractivity contribution < 1.29 is 32.3 Å². The largest absolute Gasteiger partial charge is 0.469 e. The Bertz CT molecular complexity index is 804. The highest BCUT2D eigenvalue weighted by Gasteiger charge is 2.15. The summed E-state index contributed by atoms with van der Waals surface area (Å²) in [5.41, 5.74) is 0.240. The van der Waals surface area contributed by atoms with E-state index in [0.29, 0.717) is 5.76 Å². The molecule has 0 aliphatic carbocycles. The van der Waals surface area contributed by atoms with Crippen LogP contribution >= 0.6 is 0 Å². The van der Waals surface area contributed by atoms with E-state index in [0.717, 1.165) is 12.1 Å². The molecule has 0 saturated heterocycles. The number of furan rings is 1. The van der Waals surface area contributed by atoms with Gasteiger partial charge in [0.2, 0.25) is 5.91 Å². The number of aryl methyl sites for hydroxylation is 1. The van der Waals surface area contributed by atoms with E-state index in [4.69, 9.17) is 9.15 Å². The van der Waals surface area contributed by atoms with Crippen LogP contribution in [0.3, 0.4) is 0 Å². The van der Waals surface area contributed by atoms with E-state index in [1.807, 2.05) is 0 Å². The molecule has 25 heavy (non-hydrogen) atoms. The highest BCUT2D eigenvalue weighted by Crippen LogP contribution is 2.12. The fraction of sp³-hybridized carbons (Fsp3) is 0.188. The zero-order valence-corrected chi connectivity index (χ0v) is 13.1. The lowest BCUT2D eigenvalue weighted by Crippen LogP contribution is -2.35. The highest BCUT2D eigenvalue weighted by atomic mass is 19.2. The van der Waals surface area contributed by atoms with E-state index in [1.165, 1.54) is 18.4 Å². The first kappa shape index (κ1) is 18.1. The molecule has 0 spiro atoms. The Labute approximate surface area is 141 Å². The zero-order valence-electron chi connectivity index (χ0n) is 13.1. The number of anilines is 1. The summed E-state index contributed by atoms with van der Waals surface area (Å²) in [6.07, 6.45) is 1.31. The van der Waals surface area contributed by atoms with Crippen LogP contribution in [0.2, 0.25) is 0 Å². The van der Waals surface area contributed by atoms with Crippen molar-refractivity contribution in [1.82, 2.24) is 5.32 Å². The van der Waals surface area contributed by atoms with Gasteiger partial charge < -0.3 is 19.8 Å². The van der Waals surface area contributed by atoms with Gasteiger partial charge >= 0.3 is 5.97 Å². The molecule has 0 bridgehead atoms. The van der Waals surface area contributed by atoms with Crippen molar-refractivity contribution in [3.63, 3.8) is 0 Å². The maximum Gasteiger partial charge on any atom is 0.342 e. The minimum Gasteiger partial charge on any atom is -0.469 e. The van der Waals surface area contributed by atoms with Crippen molar-refractivity contribution in [1.29, 1.82) is 0 Å². The molecule has 7 nitrogen and oxygen atoms in total. The number of ether oxygens (including phenoxy) is 1. The number of rotatable bonds is 6. The van der Waals surface area contributed by atoms with Crippen molar-refractivity contribution in [3.8, 4) is 0 Å². The van der Waals surface area contributed by atoms with E-state index < -0.39 is 42.6 Å². The van der Waals surface area contributed by atoms with Crippen molar-refractivity contribution >= 4 is 23.5 Å². The molecule has 1 aromatic carbocycles. The number of hydrogen-bond donors (Lipinski definition) is 2. The summed E-state index contributed by atoms with van der Waals surface area (Å²) in [6, 6.07) is 4.25. The molecular weight excluding hydrogens is 338 g/mol. The molecule has 2 N–H and O–H groups in total. The Balaban J connectivity index is 1.74. The predicted molar refractivity (Wildman–Crippen MR) is 81.7 cm³/mol. The Morgan fingerprint density at radius 2 is 1.88 bits per heavy atom. The zero-order chi connectivity index (χ0) is 18.4. The van der Waals surface area contributed by atoms with E-state index in [-0.39, 0.29) is 11.3 Å². The number of esters is 1. The van der Waals surface area contributed by atoms with Gasteiger partial charge in [0.05, 0.1) is 12.8 Å². The van der Waals surface area contributed by atoms with Crippen LogP contribution in [0.15, 0.2) is 34.9 Å². The second kappa shape index (κ2) is 8.04. The normalized spacial score (nSPS) is 10.2. The van der Waals surface area contributed by atoms with Crippen molar-refractivity contribution in [3.05, 3.63) is 53.5 Å². The highest BCUT2D eigenvalue weighted by molar-refractivity contribution is 5.95. The number of hydrogen-bond acceptors (Lipinski definition) is 5. The first-order valence-electron chi connectivity index (χ1n) is 7.09. The lowest BCUT2D eigenvalue weighted by atomic mass is 10.3. The summed E-state index contributed by atoms with van der Waals surface area (Å²) < 4.78 is 35.5. The van der Waals surface area contributed by atoms with Gasteiger partial charge in [0.1, 0.15) is 11.3 Å². The fourth-order valence-electron chi connectivity index (χ4n) is 1.81. The molecule has 0 atom stereocenters. The molecule has 1 heterocycles. The lowest BCUT2D eigenvalue weighted by Gasteiger charge is -2.08.